The van der Waals surface area contributed by atoms with E-state index < -0.39 is 17.9 Å². The first-order valence-corrected chi connectivity index (χ1v) is 10.0. The molecule has 0 bridgehead atoms. The molecule has 0 saturated carbocycles. The largest absolute Gasteiger partial charge is 0.493 e. The number of fused-ring (bicyclic) bond motifs is 1. The van der Waals surface area contributed by atoms with Crippen LogP contribution >= 0.6 is 0 Å². The van der Waals surface area contributed by atoms with Gasteiger partial charge in [-0.15, -0.1) is 0 Å². The van der Waals surface area contributed by atoms with Crippen LogP contribution in [-0.4, -0.2) is 48.4 Å². The number of nitrogens with one attached hydrogen (secondary N) is 4. The summed E-state index contributed by atoms with van der Waals surface area (Å²) in [6, 6.07) is 8.38. The number of amides is 3. The summed E-state index contributed by atoms with van der Waals surface area (Å²) >= 11 is 0. The molecule has 2 heterocycles. The summed E-state index contributed by atoms with van der Waals surface area (Å²) in [5.41, 5.74) is 1.06. The molecule has 158 valence electrons. The number of benzene rings is 1. The third kappa shape index (κ3) is 5.08. The van der Waals surface area contributed by atoms with E-state index in [1.54, 1.807) is 6.07 Å². The van der Waals surface area contributed by atoms with Crippen molar-refractivity contribution in [3.8, 4) is 11.8 Å². The van der Waals surface area contributed by atoms with E-state index in [0.717, 1.165) is 17.3 Å². The number of aromatic amines is 1. The number of nitrogens with zero attached hydrogens (tertiary/aromatic N) is 1. The Bertz CT molecular complexity index is 977. The second-order valence-electron chi connectivity index (χ2n) is 7.13. The van der Waals surface area contributed by atoms with E-state index in [1.165, 1.54) is 0 Å². The minimum absolute atomic E-state index is 0.0886. The summed E-state index contributed by atoms with van der Waals surface area (Å²) in [6.07, 6.45) is 1.80. The summed E-state index contributed by atoms with van der Waals surface area (Å²) in [4.78, 5) is 39.4. The van der Waals surface area contributed by atoms with Crippen LogP contribution in [0.25, 0.3) is 10.9 Å². The van der Waals surface area contributed by atoms with E-state index >= 15 is 0 Å². The van der Waals surface area contributed by atoms with E-state index in [2.05, 4.69) is 20.9 Å². The van der Waals surface area contributed by atoms with Crippen LogP contribution in [0.5, 0.6) is 5.75 Å². The Morgan fingerprint density at radius 2 is 2.23 bits per heavy atom. The number of carbonyl (C=O) groups excluding carboxylic acids is 3. The summed E-state index contributed by atoms with van der Waals surface area (Å²) in [5.74, 6) is -0.633. The fourth-order valence-corrected chi connectivity index (χ4v) is 3.52. The Morgan fingerprint density at radius 3 is 2.97 bits per heavy atom. The van der Waals surface area contributed by atoms with E-state index in [9.17, 15) is 19.6 Å². The topological polar surface area (TPSA) is 136 Å². The molecule has 30 heavy (non-hydrogen) atoms. The van der Waals surface area contributed by atoms with Crippen LogP contribution in [0.15, 0.2) is 24.3 Å². The van der Waals surface area contributed by atoms with Gasteiger partial charge in [-0.3, -0.25) is 14.4 Å². The molecule has 2 aromatic rings. The molecule has 1 aromatic carbocycles. The van der Waals surface area contributed by atoms with Crippen LogP contribution in [0.4, 0.5) is 0 Å². The standard InChI is InChI=1S/C21H25N5O4/c1-2-30-18-7-3-6-16-15(18)10-17(26-16)21(29)24-12-19(27)25-14(11-22)9-13-5-4-8-23-20(13)28/h3,6-7,10,13-14,26H,2,4-5,8-9,12H2,1H3,(H,23,28)(H,24,29)(H,25,27)/t13-,14?/m0/s1. The van der Waals surface area contributed by atoms with Crippen molar-refractivity contribution in [3.05, 3.63) is 30.0 Å². The van der Waals surface area contributed by atoms with Gasteiger partial charge in [-0.2, -0.15) is 5.26 Å². The summed E-state index contributed by atoms with van der Waals surface area (Å²) in [7, 11) is 0. The zero-order valence-electron chi connectivity index (χ0n) is 16.8. The number of piperidine rings is 1. The van der Waals surface area contributed by atoms with Crippen LogP contribution < -0.4 is 20.7 Å². The zero-order chi connectivity index (χ0) is 21.5. The van der Waals surface area contributed by atoms with Crippen molar-refractivity contribution in [2.24, 2.45) is 5.92 Å². The Kier molecular flexibility index (Phi) is 6.91. The quantitative estimate of drug-likeness (QED) is 0.518. The van der Waals surface area contributed by atoms with Crippen LogP contribution in [0.1, 0.15) is 36.7 Å². The molecule has 0 aliphatic carbocycles. The Morgan fingerprint density at radius 1 is 1.40 bits per heavy atom. The van der Waals surface area contributed by atoms with Crippen molar-refractivity contribution in [3.63, 3.8) is 0 Å². The number of rotatable bonds is 8. The number of carbonyl (C=O) groups is 3. The van der Waals surface area contributed by atoms with E-state index in [0.29, 0.717) is 31.0 Å². The van der Waals surface area contributed by atoms with Crippen molar-refractivity contribution in [2.45, 2.75) is 32.2 Å². The lowest BCUT2D eigenvalue weighted by Gasteiger charge is -2.23. The van der Waals surface area contributed by atoms with E-state index in [-0.39, 0.29) is 24.8 Å². The zero-order valence-corrected chi connectivity index (χ0v) is 16.8. The highest BCUT2D eigenvalue weighted by Gasteiger charge is 2.26. The van der Waals surface area contributed by atoms with Gasteiger partial charge in [-0.25, -0.2) is 0 Å². The minimum atomic E-state index is -0.787. The molecule has 0 radical (unpaired) electrons. The predicted molar refractivity (Wildman–Crippen MR) is 110 cm³/mol. The highest BCUT2D eigenvalue weighted by Crippen LogP contribution is 2.26. The average Bonchev–Trinajstić information content (AvgIpc) is 3.19. The van der Waals surface area contributed by atoms with Gasteiger partial charge in [0.1, 0.15) is 17.5 Å². The fourth-order valence-electron chi connectivity index (χ4n) is 3.52. The van der Waals surface area contributed by atoms with E-state index in [1.807, 2.05) is 31.2 Å². The number of H-pyrrole nitrogens is 1. The summed E-state index contributed by atoms with van der Waals surface area (Å²) in [6.45, 7) is 2.76. The first-order chi connectivity index (χ1) is 14.5. The lowest BCUT2D eigenvalue weighted by molar-refractivity contribution is -0.127. The highest BCUT2D eigenvalue weighted by atomic mass is 16.5. The third-order valence-electron chi connectivity index (χ3n) is 4.99. The molecule has 4 N–H and O–H groups in total. The molecule has 1 fully saturated rings. The molecule has 1 unspecified atom stereocenters. The second-order valence-corrected chi connectivity index (χ2v) is 7.13. The van der Waals surface area contributed by atoms with Crippen LogP contribution in [0, 0.1) is 17.2 Å². The predicted octanol–water partition coefficient (Wildman–Crippen LogP) is 1.22. The summed E-state index contributed by atoms with van der Waals surface area (Å²) in [5, 5.41) is 18.0. The first-order valence-electron chi connectivity index (χ1n) is 10.0. The Labute approximate surface area is 174 Å². The molecule has 9 nitrogen and oxygen atoms in total. The first kappa shape index (κ1) is 21.2. The molecule has 1 aliphatic rings. The molecule has 1 aliphatic heterocycles. The van der Waals surface area contributed by atoms with Crippen molar-refractivity contribution in [2.75, 3.05) is 19.7 Å². The third-order valence-corrected chi connectivity index (χ3v) is 4.99. The van der Waals surface area contributed by atoms with E-state index in [4.69, 9.17) is 4.74 Å². The number of ether oxygens (including phenoxy) is 1. The number of hydrogen-bond donors (Lipinski definition) is 4. The van der Waals surface area contributed by atoms with Gasteiger partial charge in [0.2, 0.25) is 11.8 Å². The molecular weight excluding hydrogens is 386 g/mol. The number of nitriles is 1. The second kappa shape index (κ2) is 9.78. The molecule has 3 rings (SSSR count). The smallest absolute Gasteiger partial charge is 0.268 e. The lowest BCUT2D eigenvalue weighted by atomic mass is 9.92. The minimum Gasteiger partial charge on any atom is -0.493 e. The highest BCUT2D eigenvalue weighted by molar-refractivity contribution is 6.00. The number of aromatic nitrogens is 1. The molecule has 1 aromatic heterocycles. The Balaban J connectivity index is 1.54. The van der Waals surface area contributed by atoms with Gasteiger partial charge < -0.3 is 25.7 Å². The maximum atomic E-state index is 12.4. The average molecular weight is 411 g/mol. The number of hydrogen-bond acceptors (Lipinski definition) is 5. The fraction of sp³-hybridized carbons (Fsp3) is 0.429. The molecule has 1 saturated heterocycles. The maximum absolute atomic E-state index is 12.4. The van der Waals surface area contributed by atoms with Gasteiger partial charge >= 0.3 is 0 Å². The molecule has 0 spiro atoms. The molecule has 9 heteroatoms. The molecule has 3 amide bonds. The van der Waals surface area contributed by atoms with Gasteiger partial charge in [0.15, 0.2) is 0 Å². The van der Waals surface area contributed by atoms with Crippen molar-refractivity contribution in [1.29, 1.82) is 5.26 Å². The summed E-state index contributed by atoms with van der Waals surface area (Å²) < 4.78 is 5.56. The van der Waals surface area contributed by atoms with Crippen LogP contribution in [-0.2, 0) is 9.59 Å². The van der Waals surface area contributed by atoms with Gasteiger partial charge in [0, 0.05) is 23.4 Å². The van der Waals surface area contributed by atoms with Gasteiger partial charge in [-0.1, -0.05) is 6.07 Å². The van der Waals surface area contributed by atoms with Gasteiger partial charge in [-0.05, 0) is 44.4 Å². The normalized spacial score (nSPS) is 16.9. The molecular formula is C21H25N5O4. The van der Waals surface area contributed by atoms with Gasteiger partial charge in [0.05, 0.1) is 19.2 Å². The monoisotopic (exact) mass is 411 g/mol. The van der Waals surface area contributed by atoms with Crippen molar-refractivity contribution < 1.29 is 19.1 Å². The van der Waals surface area contributed by atoms with Gasteiger partial charge in [0.25, 0.3) is 5.91 Å². The SMILES string of the molecule is CCOc1cccc2[nH]c(C(=O)NCC(=O)NC(C#N)C[C@@H]3CCCNC3=O)cc12. The van der Waals surface area contributed by atoms with Crippen LogP contribution in [0.3, 0.4) is 0 Å². The molecule has 2 atom stereocenters. The Hall–Kier alpha value is -3.54. The van der Waals surface area contributed by atoms with Crippen molar-refractivity contribution in [1.82, 2.24) is 20.9 Å². The van der Waals surface area contributed by atoms with Crippen molar-refractivity contribution >= 4 is 28.6 Å². The lowest BCUT2D eigenvalue weighted by Crippen LogP contribution is -2.44. The maximum Gasteiger partial charge on any atom is 0.268 e. The van der Waals surface area contributed by atoms with Crippen LogP contribution in [0.2, 0.25) is 0 Å².